The van der Waals surface area contributed by atoms with Crippen LogP contribution in [-0.4, -0.2) is 51.7 Å². The van der Waals surface area contributed by atoms with Crippen molar-refractivity contribution in [3.05, 3.63) is 82.8 Å². The second-order valence-corrected chi connectivity index (χ2v) is 11.3. The number of benzene rings is 3. The first-order chi connectivity index (χ1) is 21.4. The van der Waals surface area contributed by atoms with Crippen LogP contribution in [0.2, 0.25) is 0 Å². The predicted octanol–water partition coefficient (Wildman–Crippen LogP) is 7.06. The van der Waals surface area contributed by atoms with E-state index in [9.17, 15) is 9.90 Å². The number of carboxylic acids is 1. The number of ether oxygens (including phenoxy) is 2. The molecule has 0 atom stereocenters. The number of aryl methyl sites for hydroxylation is 5. The summed E-state index contributed by atoms with van der Waals surface area (Å²) >= 11 is 0. The van der Waals surface area contributed by atoms with Crippen molar-refractivity contribution in [3.8, 4) is 16.9 Å². The van der Waals surface area contributed by atoms with Gasteiger partial charge in [-0.15, -0.1) is 0 Å². The van der Waals surface area contributed by atoms with Gasteiger partial charge in [0.05, 0.1) is 30.1 Å². The molecule has 8 nitrogen and oxygen atoms in total. The summed E-state index contributed by atoms with van der Waals surface area (Å²) in [5, 5.41) is 21.5. The van der Waals surface area contributed by atoms with E-state index in [4.69, 9.17) is 14.6 Å². The molecule has 0 fully saturated rings. The summed E-state index contributed by atoms with van der Waals surface area (Å²) in [6.45, 7) is 12.6. The average Bonchev–Trinajstić information content (AvgIpc) is 3.48. The highest BCUT2D eigenvalue weighted by molar-refractivity contribution is 6.05. The molecule has 1 aliphatic heterocycles. The number of rotatable bonds is 8. The molecule has 2 aromatic heterocycles. The Balaban J connectivity index is 0.000000712. The van der Waals surface area contributed by atoms with Gasteiger partial charge in [-0.1, -0.05) is 62.4 Å². The number of nitrogens with zero attached hydrogens (tertiary/aromatic N) is 3. The summed E-state index contributed by atoms with van der Waals surface area (Å²) in [7, 11) is 1.94. The van der Waals surface area contributed by atoms with Crippen molar-refractivity contribution in [2.45, 2.75) is 60.1 Å². The molecule has 1 aliphatic rings. The maximum Gasteiger partial charge on any atom is 0.352 e. The third-order valence-electron chi connectivity index (χ3n) is 8.32. The zero-order valence-corrected chi connectivity index (χ0v) is 26.6. The number of aromatic carboxylic acids is 1. The fraction of sp³-hybridized carbons (Fsp3) is 0.389. The minimum atomic E-state index is -0.902. The van der Waals surface area contributed by atoms with Crippen LogP contribution in [-0.2, 0) is 31.4 Å². The van der Waals surface area contributed by atoms with Crippen molar-refractivity contribution in [2.75, 3.05) is 26.3 Å². The summed E-state index contributed by atoms with van der Waals surface area (Å²) in [6.07, 6.45) is 2.03. The Morgan fingerprint density at radius 3 is 2.55 bits per heavy atom. The number of carbonyl (C=O) groups is 1. The largest absolute Gasteiger partial charge is 0.493 e. The van der Waals surface area contributed by atoms with Crippen molar-refractivity contribution in [3.63, 3.8) is 0 Å². The minimum absolute atomic E-state index is 0.366. The van der Waals surface area contributed by atoms with Gasteiger partial charge in [0.25, 0.3) is 0 Å². The Bertz CT molecular complexity index is 1760. The smallest absolute Gasteiger partial charge is 0.352 e. The van der Waals surface area contributed by atoms with Gasteiger partial charge in [-0.05, 0) is 68.8 Å². The molecule has 232 valence electrons. The van der Waals surface area contributed by atoms with E-state index in [1.165, 1.54) is 0 Å². The maximum atomic E-state index is 12.8. The molecule has 3 aromatic carbocycles. The predicted molar refractivity (Wildman–Crippen MR) is 177 cm³/mol. The zero-order chi connectivity index (χ0) is 31.2. The molecule has 0 saturated carbocycles. The molecule has 8 heteroatoms. The number of hydrogen-bond donors (Lipinski definition) is 2. The lowest BCUT2D eigenvalue weighted by molar-refractivity contribution is 0.0681. The molecule has 0 radical (unpaired) electrons. The van der Waals surface area contributed by atoms with E-state index in [1.54, 1.807) is 0 Å². The van der Waals surface area contributed by atoms with Crippen molar-refractivity contribution < 1.29 is 19.4 Å². The standard InChI is InChI=1S/C32H33N3O4.C4H11N/c1-20-14-15-25-24(12-7-18-39-27-13-6-10-22-9-4-5-11-23(22)27)31(32(36)37)35-16-8-17-38-19-26-29(28(20)30(25)35)21(2)33-34(26)3;1-3-5-4-2/h4-6,9-11,13-15H,7-8,12,16-19H2,1-3H3,(H,36,37);5H,3-4H2,1-2H3. The topological polar surface area (TPSA) is 90.5 Å². The monoisotopic (exact) mass is 596 g/mol. The first-order valence-electron chi connectivity index (χ1n) is 15.7. The fourth-order valence-corrected chi connectivity index (χ4v) is 6.35. The van der Waals surface area contributed by atoms with Gasteiger partial charge < -0.3 is 24.5 Å². The van der Waals surface area contributed by atoms with Crippen LogP contribution in [0.25, 0.3) is 32.8 Å². The quantitative estimate of drug-likeness (QED) is 0.187. The Morgan fingerprint density at radius 1 is 1.02 bits per heavy atom. The maximum absolute atomic E-state index is 12.8. The van der Waals surface area contributed by atoms with E-state index in [2.05, 4.69) is 56.4 Å². The lowest BCUT2D eigenvalue weighted by Crippen LogP contribution is -2.14. The van der Waals surface area contributed by atoms with Crippen LogP contribution in [0, 0.1) is 13.8 Å². The lowest BCUT2D eigenvalue weighted by atomic mass is 9.94. The average molecular weight is 597 g/mol. The lowest BCUT2D eigenvalue weighted by Gasteiger charge is -2.17. The van der Waals surface area contributed by atoms with Gasteiger partial charge in [-0.2, -0.15) is 5.10 Å². The Hall–Kier alpha value is -4.14. The molecular weight excluding hydrogens is 552 g/mol. The zero-order valence-electron chi connectivity index (χ0n) is 26.6. The van der Waals surface area contributed by atoms with E-state index >= 15 is 0 Å². The molecule has 0 saturated heterocycles. The SMILES string of the molecule is CCNCC.Cc1ccc2c(CCCOc3cccc4ccccc34)c(C(=O)O)n3c2c1-c1c(C)nn(C)c1COCCC3. The molecular formula is C36H44N4O4. The molecule has 0 bridgehead atoms. The summed E-state index contributed by atoms with van der Waals surface area (Å²) in [6, 6.07) is 18.4. The van der Waals surface area contributed by atoms with Crippen molar-refractivity contribution in [1.29, 1.82) is 0 Å². The van der Waals surface area contributed by atoms with E-state index < -0.39 is 5.97 Å². The third-order valence-corrected chi connectivity index (χ3v) is 8.32. The van der Waals surface area contributed by atoms with Crippen molar-refractivity contribution >= 4 is 27.6 Å². The van der Waals surface area contributed by atoms with Crippen LogP contribution in [0.3, 0.4) is 0 Å². The summed E-state index contributed by atoms with van der Waals surface area (Å²) in [4.78, 5) is 12.8. The second-order valence-electron chi connectivity index (χ2n) is 11.3. The number of nitrogens with one attached hydrogen (secondary N) is 1. The first kappa shape index (κ1) is 31.3. The van der Waals surface area contributed by atoms with Gasteiger partial charge in [0.15, 0.2) is 0 Å². The van der Waals surface area contributed by atoms with E-state index in [0.717, 1.165) is 80.6 Å². The molecule has 3 heterocycles. The highest BCUT2D eigenvalue weighted by Crippen LogP contribution is 2.41. The first-order valence-corrected chi connectivity index (χ1v) is 15.7. The normalized spacial score (nSPS) is 12.9. The molecule has 5 aromatic rings. The minimum Gasteiger partial charge on any atom is -0.493 e. The van der Waals surface area contributed by atoms with Crippen LogP contribution in [0.15, 0.2) is 54.6 Å². The Morgan fingerprint density at radius 2 is 1.80 bits per heavy atom. The van der Waals surface area contributed by atoms with Gasteiger partial charge in [0.1, 0.15) is 11.4 Å². The Kier molecular flexibility index (Phi) is 10.0. The second kappa shape index (κ2) is 14.1. The summed E-state index contributed by atoms with van der Waals surface area (Å²) in [5.41, 5.74) is 7.35. The van der Waals surface area contributed by atoms with Gasteiger partial charge in [0, 0.05) is 42.1 Å². The number of aromatic nitrogens is 3. The molecule has 2 N–H and O–H groups in total. The van der Waals surface area contributed by atoms with Gasteiger partial charge in [0.2, 0.25) is 0 Å². The van der Waals surface area contributed by atoms with E-state index in [0.29, 0.717) is 44.9 Å². The Labute approximate surface area is 259 Å². The van der Waals surface area contributed by atoms with E-state index in [-0.39, 0.29) is 0 Å². The number of carboxylic acid groups (broad SMARTS) is 1. The van der Waals surface area contributed by atoms with Crippen LogP contribution >= 0.6 is 0 Å². The fourth-order valence-electron chi connectivity index (χ4n) is 6.35. The van der Waals surface area contributed by atoms with Crippen LogP contribution < -0.4 is 10.1 Å². The van der Waals surface area contributed by atoms with Crippen LogP contribution in [0.5, 0.6) is 5.75 Å². The molecule has 0 amide bonds. The van der Waals surface area contributed by atoms with Crippen molar-refractivity contribution in [1.82, 2.24) is 19.7 Å². The van der Waals surface area contributed by atoms with E-state index in [1.807, 2.05) is 47.5 Å². The van der Waals surface area contributed by atoms with Gasteiger partial charge in [-0.3, -0.25) is 4.68 Å². The third kappa shape index (κ3) is 6.23. The molecule has 0 spiro atoms. The molecule has 44 heavy (non-hydrogen) atoms. The van der Waals surface area contributed by atoms with Gasteiger partial charge in [-0.25, -0.2) is 4.79 Å². The van der Waals surface area contributed by atoms with Gasteiger partial charge >= 0.3 is 5.97 Å². The highest BCUT2D eigenvalue weighted by Gasteiger charge is 2.28. The molecule has 0 unspecified atom stereocenters. The molecule has 0 aliphatic carbocycles. The number of fused-ring (bicyclic) bond motifs is 3. The highest BCUT2D eigenvalue weighted by atomic mass is 16.5. The summed E-state index contributed by atoms with van der Waals surface area (Å²) < 4.78 is 16.1. The van der Waals surface area contributed by atoms with Crippen molar-refractivity contribution in [2.24, 2.45) is 7.05 Å². The van der Waals surface area contributed by atoms with Crippen LogP contribution in [0.4, 0.5) is 0 Å². The number of hydrogen-bond acceptors (Lipinski definition) is 5. The molecule has 6 rings (SSSR count). The van der Waals surface area contributed by atoms with Crippen LogP contribution in [0.1, 0.15) is 59.7 Å². The summed E-state index contributed by atoms with van der Waals surface area (Å²) in [5.74, 6) is -0.0502.